The molecule has 2 unspecified atom stereocenters. The van der Waals surface area contributed by atoms with Crippen LogP contribution in [0.2, 0.25) is 0 Å². The average molecular weight is 482 g/mol. The summed E-state index contributed by atoms with van der Waals surface area (Å²) in [6.45, 7) is -0.943. The fourth-order valence-corrected chi connectivity index (χ4v) is 5.33. The van der Waals surface area contributed by atoms with Gasteiger partial charge in [0.1, 0.15) is 11.9 Å². The van der Waals surface area contributed by atoms with E-state index in [1.54, 1.807) is 0 Å². The monoisotopic (exact) mass is 482 g/mol. The molecule has 9 N–H and O–H groups in total. The number of anilines is 1. The molecular weight excluding hydrogens is 465 g/mol. The topological polar surface area (TPSA) is 276 Å². The summed E-state index contributed by atoms with van der Waals surface area (Å²) in [6.07, 6.45) is -2.10. The van der Waals surface area contributed by atoms with Crippen molar-refractivity contribution in [3.05, 3.63) is 22.7 Å². The van der Waals surface area contributed by atoms with E-state index in [2.05, 4.69) is 18.1 Å². The van der Waals surface area contributed by atoms with Crippen molar-refractivity contribution in [1.82, 2.24) is 9.55 Å². The van der Waals surface area contributed by atoms with Crippen LogP contribution >= 0.6 is 23.5 Å². The van der Waals surface area contributed by atoms with Gasteiger partial charge in [0, 0.05) is 12.6 Å². The van der Waals surface area contributed by atoms with Crippen LogP contribution < -0.4 is 17.2 Å². The van der Waals surface area contributed by atoms with Crippen LogP contribution in [0.25, 0.3) is 0 Å². The molecule has 20 heteroatoms. The summed E-state index contributed by atoms with van der Waals surface area (Å²) in [7, 11) is -16.6. The first-order valence-electron chi connectivity index (χ1n) is 7.31. The van der Waals surface area contributed by atoms with E-state index in [1.807, 2.05) is 0 Å². The smallest absolute Gasteiger partial charge is 0.390 e. The molecule has 29 heavy (non-hydrogen) atoms. The van der Waals surface area contributed by atoms with Gasteiger partial charge in [-0.05, 0) is 6.07 Å². The van der Waals surface area contributed by atoms with E-state index in [0.717, 1.165) is 10.8 Å². The van der Waals surface area contributed by atoms with Gasteiger partial charge in [0.2, 0.25) is 5.85 Å². The first kappa shape index (κ1) is 24.2. The number of hydrogen-bond donors (Lipinski definition) is 7. The van der Waals surface area contributed by atoms with Crippen molar-refractivity contribution in [3.63, 3.8) is 0 Å². The van der Waals surface area contributed by atoms with Crippen molar-refractivity contribution in [2.45, 2.75) is 24.5 Å². The lowest BCUT2D eigenvalue weighted by Gasteiger charge is -2.26. The number of rotatable bonds is 8. The number of aliphatic hydroxyl groups excluding tert-OH is 1. The van der Waals surface area contributed by atoms with Crippen LogP contribution in [0.3, 0.4) is 0 Å². The van der Waals surface area contributed by atoms with Gasteiger partial charge in [-0.1, -0.05) is 0 Å². The Morgan fingerprint density at radius 1 is 1.24 bits per heavy atom. The van der Waals surface area contributed by atoms with Gasteiger partial charge in [-0.3, -0.25) is 14.8 Å². The molecule has 0 aromatic carbocycles. The summed E-state index contributed by atoms with van der Waals surface area (Å²) >= 11 is 0. The lowest BCUT2D eigenvalue weighted by molar-refractivity contribution is -0.114. The molecule has 2 heterocycles. The van der Waals surface area contributed by atoms with Crippen molar-refractivity contribution in [2.24, 2.45) is 5.73 Å². The van der Waals surface area contributed by atoms with Gasteiger partial charge in [-0.25, -0.2) is 18.5 Å². The maximum Gasteiger partial charge on any atom is 0.490 e. The molecule has 0 amide bonds. The molecule has 0 aliphatic carbocycles. The van der Waals surface area contributed by atoms with Gasteiger partial charge in [-0.2, -0.15) is 13.6 Å². The first-order chi connectivity index (χ1) is 13.0. The van der Waals surface area contributed by atoms with Crippen LogP contribution in [0.4, 0.5) is 5.82 Å². The average Bonchev–Trinajstić information content (AvgIpc) is 2.76. The number of aliphatic hydroxyl groups is 1. The summed E-state index contributed by atoms with van der Waals surface area (Å²) in [6, 6.07) is 1.23. The number of hydrogen-bond acceptors (Lipinski definition) is 12. The second kappa shape index (κ2) is 8.24. The van der Waals surface area contributed by atoms with E-state index in [-0.39, 0.29) is 12.2 Å². The Bertz CT molecular complexity index is 963. The second-order valence-electron chi connectivity index (χ2n) is 5.66. The molecule has 1 aromatic heterocycles. The molecule has 5 atom stereocenters. The number of phosphoric ester groups is 1. The Labute approximate surface area is 161 Å². The van der Waals surface area contributed by atoms with Gasteiger partial charge in [-0.15, -0.1) is 0 Å². The quantitative estimate of drug-likeness (QED) is 0.195. The molecule has 166 valence electrons. The fourth-order valence-electron chi connectivity index (χ4n) is 2.30. The summed E-state index contributed by atoms with van der Waals surface area (Å²) in [5.74, 6) is -2.03. The van der Waals surface area contributed by atoms with E-state index in [1.165, 1.54) is 6.07 Å². The van der Waals surface area contributed by atoms with Crippen molar-refractivity contribution in [1.29, 1.82) is 0 Å². The molecular formula is C9H17N4O13P3. The van der Waals surface area contributed by atoms with Crippen LogP contribution in [-0.2, 0) is 37.4 Å². The Kier molecular flexibility index (Phi) is 6.89. The molecule has 17 nitrogen and oxygen atoms in total. The van der Waals surface area contributed by atoms with Crippen molar-refractivity contribution in [3.8, 4) is 0 Å². The third-order valence-corrected chi connectivity index (χ3v) is 7.14. The van der Waals surface area contributed by atoms with Gasteiger partial charge in [0.05, 0.1) is 12.7 Å². The normalized spacial score (nSPS) is 29.3. The predicted molar refractivity (Wildman–Crippen MR) is 90.4 cm³/mol. The number of phosphoric acid groups is 3. The molecule has 1 aliphatic heterocycles. The standard InChI is InChI=1S/C9H17N4O13P3/c10-7-1-2-13(8(15)12-7)9(11)3-5(14)6(24-9)4-23-28(19,20)26-29(21,22)25-27(16,17)18/h1-2,5-6,14H,3-4,11H2,(H,19,20)(H,21,22)(H2,10,12,15)(H2,16,17,18)/t5-,6+,9-/m0/s1. The first-order valence-corrected chi connectivity index (χ1v) is 11.8. The number of ether oxygens (including phenoxy) is 1. The highest BCUT2D eigenvalue weighted by molar-refractivity contribution is 7.66. The highest BCUT2D eigenvalue weighted by atomic mass is 31.3. The van der Waals surface area contributed by atoms with E-state index in [9.17, 15) is 28.5 Å². The van der Waals surface area contributed by atoms with Gasteiger partial charge in [0.15, 0.2) is 0 Å². The number of nitrogen functional groups attached to an aromatic ring is 1. The maximum absolute atomic E-state index is 11.9. The summed E-state index contributed by atoms with van der Waals surface area (Å²) in [5.41, 5.74) is 10.4. The van der Waals surface area contributed by atoms with Crippen molar-refractivity contribution >= 4 is 29.3 Å². The molecule has 0 spiro atoms. The number of nitrogens with two attached hydrogens (primary N) is 2. The SMILES string of the molecule is Nc1ccn([C@@]2(N)C[C@H](O)[C@@H](COP(=O)(O)OP(=O)(O)OP(=O)(O)O)O2)c(=O)n1. The zero-order valence-corrected chi connectivity index (χ0v) is 16.8. The number of nitrogens with zero attached hydrogens (tertiary/aromatic N) is 2. The molecule has 1 saturated heterocycles. The number of aromatic nitrogens is 2. The van der Waals surface area contributed by atoms with Gasteiger partial charge >= 0.3 is 29.2 Å². The van der Waals surface area contributed by atoms with Gasteiger partial charge < -0.3 is 35.2 Å². The van der Waals surface area contributed by atoms with Crippen molar-refractivity contribution in [2.75, 3.05) is 12.3 Å². The Balaban J connectivity index is 2.05. The molecule has 0 bridgehead atoms. The minimum absolute atomic E-state index is 0.0994. The third-order valence-electron chi connectivity index (χ3n) is 3.34. The Hall–Kier alpha value is -1.03. The summed E-state index contributed by atoms with van der Waals surface area (Å²) in [4.78, 5) is 50.7. The van der Waals surface area contributed by atoms with Crippen LogP contribution in [0.5, 0.6) is 0 Å². The van der Waals surface area contributed by atoms with Crippen LogP contribution in [0, 0.1) is 0 Å². The van der Waals surface area contributed by atoms with Gasteiger partial charge in [0.25, 0.3) is 0 Å². The molecule has 0 radical (unpaired) electrons. The molecule has 2 rings (SSSR count). The van der Waals surface area contributed by atoms with E-state index in [0.29, 0.717) is 0 Å². The second-order valence-corrected chi connectivity index (χ2v) is 10.1. The van der Waals surface area contributed by atoms with Crippen LogP contribution in [0.15, 0.2) is 17.1 Å². The largest absolute Gasteiger partial charge is 0.490 e. The fraction of sp³-hybridized carbons (Fsp3) is 0.556. The zero-order chi connectivity index (χ0) is 22.3. The molecule has 1 fully saturated rings. The minimum Gasteiger partial charge on any atom is -0.390 e. The van der Waals surface area contributed by atoms with Crippen LogP contribution in [-0.4, -0.2) is 53.0 Å². The van der Waals surface area contributed by atoms with Crippen molar-refractivity contribution < 1.29 is 56.3 Å². The summed E-state index contributed by atoms with van der Waals surface area (Å²) in [5, 5.41) is 10.0. The highest BCUT2D eigenvalue weighted by Crippen LogP contribution is 2.66. The highest BCUT2D eigenvalue weighted by Gasteiger charge is 2.47. The zero-order valence-electron chi connectivity index (χ0n) is 14.1. The Morgan fingerprint density at radius 3 is 2.41 bits per heavy atom. The van der Waals surface area contributed by atoms with E-state index >= 15 is 0 Å². The van der Waals surface area contributed by atoms with E-state index < -0.39 is 53.8 Å². The Morgan fingerprint density at radius 2 is 1.86 bits per heavy atom. The summed E-state index contributed by atoms with van der Waals surface area (Å²) < 4.78 is 51.1. The predicted octanol–water partition coefficient (Wildman–Crippen LogP) is -2.11. The molecule has 1 aliphatic rings. The van der Waals surface area contributed by atoms with E-state index in [4.69, 9.17) is 30.9 Å². The maximum atomic E-state index is 11.9. The van der Waals surface area contributed by atoms with Crippen LogP contribution in [0.1, 0.15) is 6.42 Å². The lowest BCUT2D eigenvalue weighted by atomic mass is 10.1. The third kappa shape index (κ3) is 6.73. The minimum atomic E-state index is -5.69. The lowest BCUT2D eigenvalue weighted by Crippen LogP contribution is -2.49. The molecule has 1 aromatic rings. The molecule has 0 saturated carbocycles.